The molecule has 0 fully saturated rings. The molecule has 0 aromatic heterocycles. The van der Waals surface area contributed by atoms with Gasteiger partial charge in [-0.25, -0.2) is 9.59 Å². The Morgan fingerprint density at radius 3 is 2.15 bits per heavy atom. The van der Waals surface area contributed by atoms with Crippen molar-refractivity contribution in [1.29, 1.82) is 0 Å². The van der Waals surface area contributed by atoms with Gasteiger partial charge in [-0.2, -0.15) is 0 Å². The number of methoxy groups -OCH3 is 1. The number of carboxylic acids is 2. The minimum absolute atomic E-state index is 0.400. The van der Waals surface area contributed by atoms with Gasteiger partial charge in [0, 0.05) is 6.08 Å². The van der Waals surface area contributed by atoms with Gasteiger partial charge in [-0.1, -0.05) is 0 Å². The van der Waals surface area contributed by atoms with E-state index in [0.717, 1.165) is 7.11 Å². The molecule has 0 spiro atoms. The van der Waals surface area contributed by atoms with Crippen molar-refractivity contribution in [2.75, 3.05) is 7.11 Å². The molecule has 0 aliphatic rings. The van der Waals surface area contributed by atoms with Crippen LogP contribution in [-0.4, -0.2) is 35.2 Å². The van der Waals surface area contributed by atoms with Crippen molar-refractivity contribution in [3.05, 3.63) is 11.6 Å². The largest absolute Gasteiger partial charge is 0.481 e. The maximum atomic E-state index is 10.8. The molecule has 0 rings (SSSR count). The minimum atomic E-state index is -1.39. The molecule has 0 saturated carbocycles. The van der Waals surface area contributed by atoms with Gasteiger partial charge in [0.2, 0.25) is 0 Å². The Balaban J connectivity index is 4.65. The molecular weight excluding hydrogens is 180 g/mol. The molecule has 2 N–H and O–H groups in total. The Kier molecular flexibility index (Phi) is 4.21. The summed E-state index contributed by atoms with van der Waals surface area (Å²) in [4.78, 5) is 31.1. The molecular formula is C7H8O6. The zero-order chi connectivity index (χ0) is 10.4. The first-order valence-electron chi connectivity index (χ1n) is 3.21. The average molecular weight is 188 g/mol. The summed E-state index contributed by atoms with van der Waals surface area (Å²) in [6.45, 7) is 0. The van der Waals surface area contributed by atoms with Crippen molar-refractivity contribution in [2.45, 2.75) is 6.42 Å². The summed E-state index contributed by atoms with van der Waals surface area (Å²) in [5.41, 5.74) is -0.400. The van der Waals surface area contributed by atoms with E-state index in [-0.39, 0.29) is 0 Å². The molecule has 0 aromatic rings. The first-order valence-corrected chi connectivity index (χ1v) is 3.21. The highest BCUT2D eigenvalue weighted by molar-refractivity contribution is 5.98. The van der Waals surface area contributed by atoms with Crippen molar-refractivity contribution in [2.24, 2.45) is 0 Å². The molecule has 0 bridgehead atoms. The Bertz CT molecular complexity index is 264. The number of aliphatic carboxylic acids is 2. The third-order valence-electron chi connectivity index (χ3n) is 1.09. The Labute approximate surface area is 73.4 Å². The summed E-state index contributed by atoms with van der Waals surface area (Å²) in [5.74, 6) is -3.63. The Morgan fingerprint density at radius 1 is 1.31 bits per heavy atom. The lowest BCUT2D eigenvalue weighted by molar-refractivity contribution is -0.141. The van der Waals surface area contributed by atoms with E-state index in [0.29, 0.717) is 6.08 Å². The summed E-state index contributed by atoms with van der Waals surface area (Å²) in [6.07, 6.45) is -0.154. The third-order valence-corrected chi connectivity index (χ3v) is 1.09. The summed E-state index contributed by atoms with van der Waals surface area (Å²) < 4.78 is 4.18. The second-order valence-electron chi connectivity index (χ2n) is 2.07. The number of hydrogen-bond acceptors (Lipinski definition) is 4. The molecule has 0 aliphatic heterocycles. The van der Waals surface area contributed by atoms with Crippen LogP contribution in [0.2, 0.25) is 0 Å². The summed E-state index contributed by atoms with van der Waals surface area (Å²) >= 11 is 0. The van der Waals surface area contributed by atoms with Crippen molar-refractivity contribution >= 4 is 17.9 Å². The predicted octanol–water partition coefficient (Wildman–Crippen LogP) is -0.355. The van der Waals surface area contributed by atoms with Gasteiger partial charge in [0.15, 0.2) is 0 Å². The summed E-state index contributed by atoms with van der Waals surface area (Å²) in [7, 11) is 1.04. The van der Waals surface area contributed by atoms with Gasteiger partial charge in [0.05, 0.1) is 19.1 Å². The molecule has 0 aromatic carbocycles. The molecule has 0 saturated heterocycles. The molecule has 0 heterocycles. The van der Waals surface area contributed by atoms with Crippen LogP contribution in [0.25, 0.3) is 0 Å². The predicted molar refractivity (Wildman–Crippen MR) is 40.0 cm³/mol. The van der Waals surface area contributed by atoms with E-state index >= 15 is 0 Å². The van der Waals surface area contributed by atoms with Gasteiger partial charge in [-0.05, 0) is 0 Å². The first kappa shape index (κ1) is 11.2. The smallest absolute Gasteiger partial charge is 0.334 e. The maximum absolute atomic E-state index is 10.8. The fourth-order valence-electron chi connectivity index (χ4n) is 0.625. The molecule has 0 amide bonds. The highest BCUT2D eigenvalue weighted by Gasteiger charge is 2.14. The SMILES string of the molecule is COC(=O)/C(=C/C(=O)O)CC(=O)O. The van der Waals surface area contributed by atoms with Crippen LogP contribution in [0.3, 0.4) is 0 Å². The van der Waals surface area contributed by atoms with Crippen molar-refractivity contribution in [3.63, 3.8) is 0 Å². The van der Waals surface area contributed by atoms with E-state index in [4.69, 9.17) is 10.2 Å². The highest BCUT2D eigenvalue weighted by atomic mass is 16.5. The van der Waals surface area contributed by atoms with Crippen LogP contribution in [0.4, 0.5) is 0 Å². The molecule has 72 valence electrons. The molecule has 0 aliphatic carbocycles. The lowest BCUT2D eigenvalue weighted by atomic mass is 10.2. The monoisotopic (exact) mass is 188 g/mol. The van der Waals surface area contributed by atoms with Crippen LogP contribution in [-0.2, 0) is 19.1 Å². The fraction of sp³-hybridized carbons (Fsp3) is 0.286. The number of esters is 1. The normalized spacial score (nSPS) is 10.7. The van der Waals surface area contributed by atoms with Gasteiger partial charge < -0.3 is 14.9 Å². The van der Waals surface area contributed by atoms with Gasteiger partial charge in [-0.15, -0.1) is 0 Å². The zero-order valence-electron chi connectivity index (χ0n) is 6.81. The number of hydrogen-bond donors (Lipinski definition) is 2. The molecule has 13 heavy (non-hydrogen) atoms. The highest BCUT2D eigenvalue weighted by Crippen LogP contribution is 2.03. The Morgan fingerprint density at radius 2 is 1.85 bits per heavy atom. The minimum Gasteiger partial charge on any atom is -0.481 e. The Hall–Kier alpha value is -1.85. The van der Waals surface area contributed by atoms with E-state index in [1.807, 2.05) is 0 Å². The lowest BCUT2D eigenvalue weighted by Crippen LogP contribution is -2.11. The van der Waals surface area contributed by atoms with E-state index in [2.05, 4.69) is 4.74 Å². The molecule has 0 radical (unpaired) electrons. The second kappa shape index (κ2) is 4.91. The number of carbonyl (C=O) groups excluding carboxylic acids is 1. The second-order valence-corrected chi connectivity index (χ2v) is 2.07. The van der Waals surface area contributed by atoms with Crippen LogP contribution in [0.5, 0.6) is 0 Å². The summed E-state index contributed by atoms with van der Waals surface area (Å²) in [6, 6.07) is 0. The molecule has 6 heteroatoms. The summed E-state index contributed by atoms with van der Waals surface area (Å²) in [5, 5.41) is 16.6. The average Bonchev–Trinajstić information content (AvgIpc) is 2.00. The van der Waals surface area contributed by atoms with Gasteiger partial charge in [0.1, 0.15) is 0 Å². The number of ether oxygens (including phenoxy) is 1. The maximum Gasteiger partial charge on any atom is 0.334 e. The van der Waals surface area contributed by atoms with Crippen molar-refractivity contribution < 1.29 is 29.3 Å². The quantitative estimate of drug-likeness (QED) is 0.461. The van der Waals surface area contributed by atoms with Crippen LogP contribution in [0.1, 0.15) is 6.42 Å². The molecule has 6 nitrogen and oxygen atoms in total. The van der Waals surface area contributed by atoms with E-state index in [9.17, 15) is 14.4 Å². The number of rotatable bonds is 4. The van der Waals surface area contributed by atoms with Crippen LogP contribution in [0.15, 0.2) is 11.6 Å². The van der Waals surface area contributed by atoms with E-state index < -0.39 is 29.9 Å². The van der Waals surface area contributed by atoms with Crippen LogP contribution < -0.4 is 0 Å². The lowest BCUT2D eigenvalue weighted by Gasteiger charge is -1.99. The number of carbonyl (C=O) groups is 3. The van der Waals surface area contributed by atoms with Crippen molar-refractivity contribution in [1.82, 2.24) is 0 Å². The van der Waals surface area contributed by atoms with E-state index in [1.165, 1.54) is 0 Å². The van der Waals surface area contributed by atoms with E-state index in [1.54, 1.807) is 0 Å². The topological polar surface area (TPSA) is 101 Å². The fourth-order valence-corrected chi connectivity index (χ4v) is 0.625. The van der Waals surface area contributed by atoms with Gasteiger partial charge >= 0.3 is 17.9 Å². The molecule has 0 atom stereocenters. The standard InChI is InChI=1S/C7H8O6/c1-13-7(12)4(2-5(8)9)3-6(10)11/h2H,3H2,1H3,(H,8,9)(H,10,11)/b4-2+. The van der Waals surface area contributed by atoms with Gasteiger partial charge in [0.25, 0.3) is 0 Å². The molecule has 0 unspecified atom stereocenters. The number of carboxylic acid groups (broad SMARTS) is 2. The third kappa shape index (κ3) is 4.57. The zero-order valence-corrected chi connectivity index (χ0v) is 6.81. The van der Waals surface area contributed by atoms with Crippen LogP contribution in [0, 0.1) is 0 Å². The van der Waals surface area contributed by atoms with Crippen LogP contribution >= 0.6 is 0 Å². The van der Waals surface area contributed by atoms with Gasteiger partial charge in [-0.3, -0.25) is 4.79 Å². The first-order chi connectivity index (χ1) is 5.97. The van der Waals surface area contributed by atoms with Crippen molar-refractivity contribution in [3.8, 4) is 0 Å².